The first-order chi connectivity index (χ1) is 13.9. The van der Waals surface area contributed by atoms with Gasteiger partial charge in [0.05, 0.1) is 5.75 Å². The van der Waals surface area contributed by atoms with Crippen molar-refractivity contribution in [2.24, 2.45) is 0 Å². The van der Waals surface area contributed by atoms with Gasteiger partial charge in [-0.25, -0.2) is 4.98 Å². The van der Waals surface area contributed by atoms with Gasteiger partial charge in [0.2, 0.25) is 5.91 Å². The Hall–Kier alpha value is -1.68. The van der Waals surface area contributed by atoms with Gasteiger partial charge in [-0.15, -0.1) is 0 Å². The van der Waals surface area contributed by atoms with Gasteiger partial charge in [-0.2, -0.15) is 0 Å². The van der Waals surface area contributed by atoms with Crippen LogP contribution in [-0.4, -0.2) is 43.7 Å². The van der Waals surface area contributed by atoms with Crippen LogP contribution in [0.2, 0.25) is 5.02 Å². The summed E-state index contributed by atoms with van der Waals surface area (Å²) in [5.74, 6) is 0.315. The summed E-state index contributed by atoms with van der Waals surface area (Å²) in [5, 5.41) is 1.03. The Morgan fingerprint density at radius 2 is 2.14 bits per heavy atom. The number of fused-ring (bicyclic) bond motifs is 1. The molecule has 1 unspecified atom stereocenters. The molecule has 6 nitrogen and oxygen atoms in total. The molecule has 2 aromatic heterocycles. The third-order valence-corrected chi connectivity index (χ3v) is 7.43. The molecule has 1 atom stereocenters. The fourth-order valence-electron chi connectivity index (χ4n) is 3.46. The normalized spacial score (nSPS) is 17.0. The molecular weight excluding hydrogens is 448 g/mol. The van der Waals surface area contributed by atoms with Crippen molar-refractivity contribution in [3.8, 4) is 5.69 Å². The lowest BCUT2D eigenvalue weighted by atomic mass is 10.0. The second kappa shape index (κ2) is 8.59. The van der Waals surface area contributed by atoms with E-state index in [1.807, 2.05) is 17.0 Å². The molecule has 0 spiro atoms. The average Bonchev–Trinajstić information content (AvgIpc) is 3.04. The zero-order valence-corrected chi connectivity index (χ0v) is 18.9. The minimum absolute atomic E-state index is 0.0739. The molecule has 0 saturated carbocycles. The Morgan fingerprint density at radius 1 is 1.38 bits per heavy atom. The molecular formula is C19H19ClN4O2S3. The van der Waals surface area contributed by atoms with Gasteiger partial charge in [0.15, 0.2) is 14.8 Å². The number of H-pyrrole nitrogens is 1. The zero-order chi connectivity index (χ0) is 20.5. The molecule has 1 amide bonds. The summed E-state index contributed by atoms with van der Waals surface area (Å²) in [5.41, 5.74) is 1.03. The largest absolute Gasteiger partial charge is 0.339 e. The Balaban J connectivity index is 1.63. The first kappa shape index (κ1) is 20.6. The van der Waals surface area contributed by atoms with Crippen molar-refractivity contribution in [3.05, 3.63) is 43.6 Å². The van der Waals surface area contributed by atoms with Gasteiger partial charge in [0.25, 0.3) is 5.56 Å². The molecule has 1 aliphatic rings. The molecule has 4 rings (SSSR count). The Morgan fingerprint density at radius 3 is 2.86 bits per heavy atom. The first-order valence-electron chi connectivity index (χ1n) is 9.28. The van der Waals surface area contributed by atoms with E-state index in [1.165, 1.54) is 23.1 Å². The predicted molar refractivity (Wildman–Crippen MR) is 121 cm³/mol. The summed E-state index contributed by atoms with van der Waals surface area (Å²) in [6, 6.07) is 7.47. The SMILES string of the molecule is CC1CCCCN1C(=O)CSc1nc2c(sc(=S)n2-c2ccc(Cl)cc2)c(=O)[nH]1. The number of thioether (sulfide) groups is 1. The smallest absolute Gasteiger partial charge is 0.271 e. The minimum atomic E-state index is -0.250. The molecule has 29 heavy (non-hydrogen) atoms. The topological polar surface area (TPSA) is 71.0 Å². The van der Waals surface area contributed by atoms with Crippen molar-refractivity contribution in [1.82, 2.24) is 19.4 Å². The molecule has 1 fully saturated rings. The lowest BCUT2D eigenvalue weighted by Gasteiger charge is -2.33. The first-order valence-corrected chi connectivity index (χ1v) is 11.9. The molecule has 1 aromatic carbocycles. The van der Waals surface area contributed by atoms with Gasteiger partial charge in [-0.3, -0.25) is 14.2 Å². The molecule has 0 aliphatic carbocycles. The van der Waals surface area contributed by atoms with Crippen molar-refractivity contribution in [3.63, 3.8) is 0 Å². The minimum Gasteiger partial charge on any atom is -0.339 e. The summed E-state index contributed by atoms with van der Waals surface area (Å²) < 4.78 is 2.76. The monoisotopic (exact) mass is 466 g/mol. The number of nitrogens with zero attached hydrogens (tertiary/aromatic N) is 3. The van der Waals surface area contributed by atoms with E-state index in [2.05, 4.69) is 16.9 Å². The highest BCUT2D eigenvalue weighted by Crippen LogP contribution is 2.26. The number of carbonyl (C=O) groups excluding carboxylic acids is 1. The van der Waals surface area contributed by atoms with Crippen LogP contribution in [0.4, 0.5) is 0 Å². The van der Waals surface area contributed by atoms with Crippen molar-refractivity contribution in [2.75, 3.05) is 12.3 Å². The maximum Gasteiger partial charge on any atom is 0.271 e. The zero-order valence-electron chi connectivity index (χ0n) is 15.7. The van der Waals surface area contributed by atoms with Gasteiger partial charge < -0.3 is 9.88 Å². The number of benzene rings is 1. The summed E-state index contributed by atoms with van der Waals surface area (Å²) in [6.07, 6.45) is 3.24. The third-order valence-electron chi connectivity index (χ3n) is 4.96. The Labute approximate surface area is 185 Å². The highest BCUT2D eigenvalue weighted by molar-refractivity contribution is 7.99. The van der Waals surface area contributed by atoms with E-state index in [0.717, 1.165) is 31.5 Å². The number of aromatic amines is 1. The fraction of sp³-hybridized carbons (Fsp3) is 0.368. The molecule has 10 heteroatoms. The van der Waals surface area contributed by atoms with E-state index in [4.69, 9.17) is 23.8 Å². The average molecular weight is 467 g/mol. The van der Waals surface area contributed by atoms with E-state index >= 15 is 0 Å². The molecule has 3 aromatic rings. The van der Waals surface area contributed by atoms with Crippen LogP contribution in [-0.2, 0) is 4.79 Å². The van der Waals surface area contributed by atoms with E-state index in [-0.39, 0.29) is 23.3 Å². The number of nitrogens with one attached hydrogen (secondary N) is 1. The maximum absolute atomic E-state index is 12.6. The number of piperidine rings is 1. The van der Waals surface area contributed by atoms with E-state index in [9.17, 15) is 9.59 Å². The van der Waals surface area contributed by atoms with Gasteiger partial charge in [0, 0.05) is 23.3 Å². The number of halogens is 1. The van der Waals surface area contributed by atoms with Gasteiger partial charge in [-0.05, 0) is 62.7 Å². The number of hydrogen-bond donors (Lipinski definition) is 1. The van der Waals surface area contributed by atoms with Crippen LogP contribution in [0.3, 0.4) is 0 Å². The predicted octanol–water partition coefficient (Wildman–Crippen LogP) is 4.65. The van der Waals surface area contributed by atoms with Crippen molar-refractivity contribution >= 4 is 63.2 Å². The summed E-state index contributed by atoms with van der Waals surface area (Å²) in [7, 11) is 0. The van der Waals surface area contributed by atoms with Crippen LogP contribution >= 0.6 is 46.9 Å². The van der Waals surface area contributed by atoms with Crippen LogP contribution in [0.1, 0.15) is 26.2 Å². The molecule has 0 radical (unpaired) electrons. The standard InChI is InChI=1S/C19H19ClN4O2S3/c1-11-4-2-3-9-23(11)14(25)10-28-18-21-16-15(17(26)22-18)29-19(27)24(16)13-7-5-12(20)6-8-13/h5-8,11H,2-4,9-10H2,1H3,(H,21,22,26). The molecule has 152 valence electrons. The molecule has 0 bridgehead atoms. The fourth-order valence-corrected chi connectivity index (χ4v) is 5.60. The molecule has 3 heterocycles. The lowest BCUT2D eigenvalue weighted by molar-refractivity contribution is -0.131. The van der Waals surface area contributed by atoms with Crippen LogP contribution in [0.25, 0.3) is 16.0 Å². The highest BCUT2D eigenvalue weighted by atomic mass is 35.5. The molecule has 1 aliphatic heterocycles. The summed E-state index contributed by atoms with van der Waals surface area (Å²) in [6.45, 7) is 2.88. The number of thiazole rings is 1. The molecule has 1 N–H and O–H groups in total. The van der Waals surface area contributed by atoms with E-state index in [1.54, 1.807) is 16.7 Å². The van der Waals surface area contributed by atoms with Gasteiger partial charge in [-0.1, -0.05) is 34.7 Å². The number of carbonyl (C=O) groups is 1. The van der Waals surface area contributed by atoms with Crippen molar-refractivity contribution in [1.29, 1.82) is 0 Å². The van der Waals surface area contributed by atoms with E-state index in [0.29, 0.717) is 24.5 Å². The Bertz CT molecular complexity index is 1170. The van der Waals surface area contributed by atoms with Gasteiger partial charge >= 0.3 is 0 Å². The van der Waals surface area contributed by atoms with Crippen LogP contribution in [0, 0.1) is 3.95 Å². The maximum atomic E-state index is 12.6. The van der Waals surface area contributed by atoms with Crippen LogP contribution < -0.4 is 5.56 Å². The lowest BCUT2D eigenvalue weighted by Crippen LogP contribution is -2.43. The second-order valence-corrected chi connectivity index (χ2v) is 9.97. The van der Waals surface area contributed by atoms with Crippen molar-refractivity contribution in [2.45, 2.75) is 37.4 Å². The van der Waals surface area contributed by atoms with Crippen LogP contribution in [0.5, 0.6) is 0 Å². The summed E-state index contributed by atoms with van der Waals surface area (Å²) in [4.78, 5) is 34.5. The Kier molecular flexibility index (Phi) is 6.10. The van der Waals surface area contributed by atoms with Crippen molar-refractivity contribution < 1.29 is 4.79 Å². The highest BCUT2D eigenvalue weighted by Gasteiger charge is 2.23. The van der Waals surface area contributed by atoms with E-state index < -0.39 is 0 Å². The van der Waals surface area contributed by atoms with Gasteiger partial charge in [0.1, 0.15) is 4.70 Å². The second-order valence-electron chi connectivity index (χ2n) is 6.92. The number of rotatable bonds is 4. The number of aromatic nitrogens is 3. The summed E-state index contributed by atoms with van der Waals surface area (Å²) >= 11 is 13.9. The quantitative estimate of drug-likeness (QED) is 0.344. The number of hydrogen-bond acceptors (Lipinski definition) is 6. The number of amides is 1. The molecule has 1 saturated heterocycles. The van der Waals surface area contributed by atoms with Crippen LogP contribution in [0.15, 0.2) is 34.2 Å². The number of likely N-dealkylation sites (tertiary alicyclic amines) is 1. The third kappa shape index (κ3) is 4.28.